The van der Waals surface area contributed by atoms with Crippen LogP contribution in [0.2, 0.25) is 0 Å². The molecule has 1 aromatic heterocycles. The molecule has 2 N–H and O–H groups in total. The second-order valence-electron chi connectivity index (χ2n) is 6.91. The Bertz CT molecular complexity index is 734. The van der Waals surface area contributed by atoms with Crippen LogP contribution in [0.4, 0.5) is 0 Å². The van der Waals surface area contributed by atoms with E-state index in [0.717, 1.165) is 57.5 Å². The fourth-order valence-corrected chi connectivity index (χ4v) is 4.13. The van der Waals surface area contributed by atoms with Crippen molar-refractivity contribution in [1.82, 2.24) is 15.5 Å². The first-order valence-corrected chi connectivity index (χ1v) is 11.2. The van der Waals surface area contributed by atoms with E-state index < -0.39 is 0 Å². The number of nitrogens with zero attached hydrogens (tertiary/aromatic N) is 2. The lowest BCUT2D eigenvalue weighted by atomic mass is 10.0. The number of guanidine groups is 1. The number of nitrogens with one attached hydrogen (secondary N) is 2. The highest BCUT2D eigenvalue weighted by Crippen LogP contribution is 2.24. The topological polar surface area (TPSA) is 58.1 Å². The minimum atomic E-state index is 0. The molecule has 0 amide bonds. The number of methoxy groups -OCH3 is 1. The molecule has 1 saturated heterocycles. The Balaban J connectivity index is 0.00000320. The molecule has 2 aromatic rings. The minimum absolute atomic E-state index is 0. The molecule has 3 rings (SSSR count). The Labute approximate surface area is 201 Å². The van der Waals surface area contributed by atoms with Crippen LogP contribution in [-0.4, -0.2) is 63.9 Å². The van der Waals surface area contributed by atoms with Gasteiger partial charge in [-0.15, -0.1) is 35.3 Å². The zero-order valence-corrected chi connectivity index (χ0v) is 20.9. The highest BCUT2D eigenvalue weighted by atomic mass is 127. The van der Waals surface area contributed by atoms with Gasteiger partial charge in [0.25, 0.3) is 0 Å². The van der Waals surface area contributed by atoms with Crippen LogP contribution in [0.25, 0.3) is 0 Å². The van der Waals surface area contributed by atoms with Gasteiger partial charge < -0.3 is 20.1 Å². The zero-order valence-electron chi connectivity index (χ0n) is 17.8. The molecule has 2 heterocycles. The van der Waals surface area contributed by atoms with Crippen LogP contribution in [-0.2, 0) is 11.2 Å². The molecule has 0 saturated carbocycles. The summed E-state index contributed by atoms with van der Waals surface area (Å²) in [6.45, 7) is 7.90. The van der Waals surface area contributed by atoms with Gasteiger partial charge >= 0.3 is 0 Å². The minimum Gasteiger partial charge on any atom is -0.497 e. The van der Waals surface area contributed by atoms with Crippen LogP contribution in [0.3, 0.4) is 0 Å². The van der Waals surface area contributed by atoms with Crippen molar-refractivity contribution in [1.29, 1.82) is 0 Å². The molecule has 0 aliphatic carbocycles. The van der Waals surface area contributed by atoms with Gasteiger partial charge in [0, 0.05) is 31.1 Å². The quantitative estimate of drug-likeness (QED) is 0.288. The average molecular weight is 545 g/mol. The largest absolute Gasteiger partial charge is 0.497 e. The molecule has 1 aliphatic heterocycles. The van der Waals surface area contributed by atoms with Crippen molar-refractivity contribution >= 4 is 41.3 Å². The first kappa shape index (κ1) is 24.9. The maximum absolute atomic E-state index is 5.55. The van der Waals surface area contributed by atoms with Gasteiger partial charge in [0.05, 0.1) is 32.9 Å². The summed E-state index contributed by atoms with van der Waals surface area (Å²) in [5, 5.41) is 8.96. The molecular formula is C22H33IN4O2S. The number of aliphatic imine (C=N–C) groups is 1. The number of hydrogen-bond donors (Lipinski definition) is 2. The number of hydrogen-bond acceptors (Lipinski definition) is 5. The van der Waals surface area contributed by atoms with Crippen LogP contribution in [0.5, 0.6) is 5.75 Å². The number of ether oxygens (including phenoxy) is 2. The third kappa shape index (κ3) is 7.72. The van der Waals surface area contributed by atoms with E-state index in [0.29, 0.717) is 6.54 Å². The molecular weight excluding hydrogens is 511 g/mol. The van der Waals surface area contributed by atoms with Gasteiger partial charge in [-0.25, -0.2) is 0 Å². The van der Waals surface area contributed by atoms with Crippen LogP contribution >= 0.6 is 35.3 Å². The molecule has 0 radical (unpaired) electrons. The van der Waals surface area contributed by atoms with Crippen molar-refractivity contribution in [2.45, 2.75) is 19.4 Å². The Morgan fingerprint density at radius 3 is 2.60 bits per heavy atom. The lowest BCUT2D eigenvalue weighted by Crippen LogP contribution is -2.42. The van der Waals surface area contributed by atoms with E-state index in [1.807, 2.05) is 12.1 Å². The molecule has 1 aromatic carbocycles. The second kappa shape index (κ2) is 13.8. The van der Waals surface area contributed by atoms with Gasteiger partial charge in [-0.2, -0.15) is 0 Å². The van der Waals surface area contributed by atoms with Crippen molar-refractivity contribution in [3.8, 4) is 5.75 Å². The maximum Gasteiger partial charge on any atom is 0.191 e. The number of morpholine rings is 1. The fourth-order valence-electron chi connectivity index (χ4n) is 3.43. The lowest BCUT2D eigenvalue weighted by Gasteiger charge is -2.34. The van der Waals surface area contributed by atoms with E-state index in [1.165, 1.54) is 10.4 Å². The van der Waals surface area contributed by atoms with Crippen LogP contribution < -0.4 is 15.4 Å². The number of halogens is 1. The summed E-state index contributed by atoms with van der Waals surface area (Å²) in [5.41, 5.74) is 1.26. The molecule has 1 aliphatic rings. The maximum atomic E-state index is 5.55. The Morgan fingerprint density at radius 2 is 1.97 bits per heavy atom. The van der Waals surface area contributed by atoms with Crippen molar-refractivity contribution < 1.29 is 9.47 Å². The van der Waals surface area contributed by atoms with Crippen LogP contribution in [0.15, 0.2) is 46.8 Å². The Hall–Kier alpha value is -1.36. The van der Waals surface area contributed by atoms with Gasteiger partial charge in [0.1, 0.15) is 5.75 Å². The predicted octanol–water partition coefficient (Wildman–Crippen LogP) is 3.55. The zero-order chi connectivity index (χ0) is 20.3. The van der Waals surface area contributed by atoms with Gasteiger partial charge in [0.15, 0.2) is 5.96 Å². The van der Waals surface area contributed by atoms with Crippen molar-refractivity contribution in [2.24, 2.45) is 4.99 Å². The predicted molar refractivity (Wildman–Crippen MR) is 136 cm³/mol. The molecule has 166 valence electrons. The molecule has 6 nitrogen and oxygen atoms in total. The third-order valence-corrected chi connectivity index (χ3v) is 5.93. The van der Waals surface area contributed by atoms with E-state index in [2.05, 4.69) is 52.1 Å². The monoisotopic (exact) mass is 544 g/mol. The summed E-state index contributed by atoms with van der Waals surface area (Å²) >= 11 is 1.80. The first-order chi connectivity index (χ1) is 14.3. The highest BCUT2D eigenvalue weighted by molar-refractivity contribution is 14.0. The molecule has 1 unspecified atom stereocenters. The molecule has 1 fully saturated rings. The summed E-state index contributed by atoms with van der Waals surface area (Å²) in [4.78, 5) is 8.76. The Kier molecular flexibility index (Phi) is 11.5. The van der Waals surface area contributed by atoms with Crippen molar-refractivity contribution in [3.63, 3.8) is 0 Å². The second-order valence-corrected chi connectivity index (χ2v) is 7.95. The molecule has 0 spiro atoms. The molecule has 30 heavy (non-hydrogen) atoms. The fraction of sp³-hybridized carbons (Fsp3) is 0.500. The van der Waals surface area contributed by atoms with E-state index in [4.69, 9.17) is 14.5 Å². The van der Waals surface area contributed by atoms with Gasteiger partial charge in [-0.3, -0.25) is 9.89 Å². The number of thiophene rings is 1. The van der Waals surface area contributed by atoms with Crippen molar-refractivity contribution in [2.75, 3.05) is 53.0 Å². The van der Waals surface area contributed by atoms with Crippen LogP contribution in [0, 0.1) is 0 Å². The average Bonchev–Trinajstić information content (AvgIpc) is 3.28. The van der Waals surface area contributed by atoms with Gasteiger partial charge in [-0.1, -0.05) is 18.2 Å². The van der Waals surface area contributed by atoms with Gasteiger partial charge in [0.2, 0.25) is 0 Å². The molecule has 8 heteroatoms. The third-order valence-electron chi connectivity index (χ3n) is 5.00. The molecule has 1 atom stereocenters. The Morgan fingerprint density at radius 1 is 1.20 bits per heavy atom. The summed E-state index contributed by atoms with van der Waals surface area (Å²) in [5.74, 6) is 1.75. The lowest BCUT2D eigenvalue weighted by molar-refractivity contribution is 0.0179. The number of benzene rings is 1. The summed E-state index contributed by atoms with van der Waals surface area (Å²) in [6.07, 6.45) is 1.01. The van der Waals surface area contributed by atoms with E-state index in [9.17, 15) is 0 Å². The smallest absolute Gasteiger partial charge is 0.191 e. The van der Waals surface area contributed by atoms with E-state index in [-0.39, 0.29) is 30.0 Å². The summed E-state index contributed by atoms with van der Waals surface area (Å²) in [6, 6.07) is 12.8. The van der Waals surface area contributed by atoms with Crippen molar-refractivity contribution in [3.05, 3.63) is 52.2 Å². The van der Waals surface area contributed by atoms with Crippen LogP contribution in [0.1, 0.15) is 23.4 Å². The normalized spacial score (nSPS) is 15.9. The summed E-state index contributed by atoms with van der Waals surface area (Å²) < 4.78 is 10.9. The van der Waals surface area contributed by atoms with E-state index in [1.54, 1.807) is 18.4 Å². The summed E-state index contributed by atoms with van der Waals surface area (Å²) in [7, 11) is 1.70. The molecule has 0 bridgehead atoms. The standard InChI is InChI=1S/C22H32N4O2S.HI/c1-3-23-22(24-11-10-20-5-4-16-29-20)25-17-21(26-12-14-28-15-13-26)18-6-8-19(27-2)9-7-18;/h4-9,16,21H,3,10-15,17H2,1-2H3,(H2,23,24,25);1H. The number of rotatable bonds is 9. The highest BCUT2D eigenvalue weighted by Gasteiger charge is 2.22. The van der Waals surface area contributed by atoms with E-state index >= 15 is 0 Å². The van der Waals surface area contributed by atoms with Gasteiger partial charge in [-0.05, 0) is 42.5 Å². The SMILES string of the molecule is CCNC(=NCC(c1ccc(OC)cc1)N1CCOCC1)NCCc1cccs1.I. The first-order valence-electron chi connectivity index (χ1n) is 10.3.